The molecular weight excluding hydrogens is 369 g/mol. The number of benzene rings is 2. The molecule has 2 N–H and O–H groups in total. The number of hydrogen-bond acceptors (Lipinski definition) is 4. The highest BCUT2D eigenvalue weighted by molar-refractivity contribution is 6.33. The summed E-state index contributed by atoms with van der Waals surface area (Å²) < 4.78 is 39.7. The molecular formula is C17H10ClF3N4O. The summed E-state index contributed by atoms with van der Waals surface area (Å²) in [5, 5.41) is 13.3. The molecule has 1 heterocycles. The van der Waals surface area contributed by atoms with Gasteiger partial charge in [0.2, 0.25) is 0 Å². The number of halogens is 4. The highest BCUT2D eigenvalue weighted by atomic mass is 35.5. The van der Waals surface area contributed by atoms with Crippen molar-refractivity contribution in [2.24, 2.45) is 0 Å². The van der Waals surface area contributed by atoms with Crippen LogP contribution in [0.5, 0.6) is 0 Å². The van der Waals surface area contributed by atoms with Crippen molar-refractivity contribution in [3.05, 3.63) is 76.6 Å². The fourth-order valence-corrected chi connectivity index (χ4v) is 2.23. The molecule has 1 amide bonds. The first-order valence-electron chi connectivity index (χ1n) is 7.26. The van der Waals surface area contributed by atoms with E-state index < -0.39 is 28.9 Å². The van der Waals surface area contributed by atoms with Crippen molar-refractivity contribution < 1.29 is 18.0 Å². The third-order valence-electron chi connectivity index (χ3n) is 3.32. The zero-order valence-electron chi connectivity index (χ0n) is 12.9. The highest BCUT2D eigenvalue weighted by Gasteiger charge is 2.19. The predicted molar refractivity (Wildman–Crippen MR) is 91.0 cm³/mol. The van der Waals surface area contributed by atoms with Gasteiger partial charge in [-0.1, -0.05) is 23.7 Å². The maximum atomic E-state index is 13.6. The second kappa shape index (κ2) is 7.40. The number of nitrogens with zero attached hydrogens (tertiary/aromatic N) is 2. The molecule has 0 fully saturated rings. The molecule has 9 heteroatoms. The van der Waals surface area contributed by atoms with E-state index >= 15 is 0 Å². The van der Waals surface area contributed by atoms with Crippen molar-refractivity contribution in [3.63, 3.8) is 0 Å². The lowest BCUT2D eigenvalue weighted by Gasteiger charge is -2.08. The summed E-state index contributed by atoms with van der Waals surface area (Å²) in [5.74, 6) is -5.30. The Morgan fingerprint density at radius 2 is 1.58 bits per heavy atom. The number of nitrogens with one attached hydrogen (secondary N) is 2. The van der Waals surface area contributed by atoms with Crippen molar-refractivity contribution in [1.29, 1.82) is 0 Å². The van der Waals surface area contributed by atoms with Crippen LogP contribution < -0.4 is 10.6 Å². The minimum absolute atomic E-state index is 0.00356. The van der Waals surface area contributed by atoms with Gasteiger partial charge in [-0.15, -0.1) is 10.2 Å². The molecule has 0 spiro atoms. The maximum Gasteiger partial charge on any atom is 0.259 e. The van der Waals surface area contributed by atoms with Gasteiger partial charge in [-0.2, -0.15) is 0 Å². The molecule has 2 aromatic carbocycles. The average molecular weight is 379 g/mol. The second-order valence-corrected chi connectivity index (χ2v) is 5.49. The molecule has 0 atom stereocenters. The first-order valence-corrected chi connectivity index (χ1v) is 7.63. The molecule has 3 aromatic rings. The Bertz CT molecular complexity index is 967. The summed E-state index contributed by atoms with van der Waals surface area (Å²) in [6.45, 7) is 0. The second-order valence-electron chi connectivity index (χ2n) is 5.09. The minimum Gasteiger partial charge on any atom is -0.338 e. The summed E-state index contributed by atoms with van der Waals surface area (Å²) in [6.07, 6.45) is 0. The van der Waals surface area contributed by atoms with Crippen LogP contribution in [0.1, 0.15) is 10.4 Å². The Morgan fingerprint density at radius 1 is 0.885 bits per heavy atom. The highest BCUT2D eigenvalue weighted by Crippen LogP contribution is 2.24. The maximum absolute atomic E-state index is 13.6. The number of aromatic nitrogens is 2. The molecule has 0 unspecified atom stereocenters. The summed E-state index contributed by atoms with van der Waals surface area (Å²) >= 11 is 6.02. The molecule has 0 bridgehead atoms. The van der Waals surface area contributed by atoms with Crippen molar-refractivity contribution >= 4 is 34.8 Å². The van der Waals surface area contributed by atoms with Crippen molar-refractivity contribution in [1.82, 2.24) is 10.2 Å². The van der Waals surface area contributed by atoms with Gasteiger partial charge in [0.25, 0.3) is 5.91 Å². The summed E-state index contributed by atoms with van der Waals surface area (Å²) in [5.41, 5.74) is -0.0342. The van der Waals surface area contributed by atoms with Crippen LogP contribution in [0.25, 0.3) is 0 Å². The Morgan fingerprint density at radius 3 is 2.27 bits per heavy atom. The van der Waals surface area contributed by atoms with Crippen molar-refractivity contribution in [3.8, 4) is 0 Å². The molecule has 3 rings (SSSR count). The van der Waals surface area contributed by atoms with Gasteiger partial charge in [0.1, 0.15) is 0 Å². The molecule has 0 aliphatic carbocycles. The minimum atomic E-state index is -1.72. The van der Waals surface area contributed by atoms with E-state index in [1.54, 1.807) is 24.3 Å². The number of hydrogen-bond donors (Lipinski definition) is 2. The lowest BCUT2D eigenvalue weighted by molar-refractivity contribution is 0.102. The summed E-state index contributed by atoms with van der Waals surface area (Å²) in [6, 6.07) is 11.4. The molecule has 0 aliphatic heterocycles. The largest absolute Gasteiger partial charge is 0.338 e. The van der Waals surface area contributed by atoms with Crippen LogP contribution in [-0.2, 0) is 0 Å². The average Bonchev–Trinajstić information content (AvgIpc) is 2.63. The van der Waals surface area contributed by atoms with Gasteiger partial charge in [-0.25, -0.2) is 13.2 Å². The number of para-hydroxylation sites is 1. The lowest BCUT2D eigenvalue weighted by Crippen LogP contribution is -2.16. The van der Waals surface area contributed by atoms with E-state index in [0.29, 0.717) is 22.6 Å². The van der Waals surface area contributed by atoms with E-state index in [-0.39, 0.29) is 5.82 Å². The molecule has 1 aromatic heterocycles. The van der Waals surface area contributed by atoms with Gasteiger partial charge >= 0.3 is 0 Å². The van der Waals surface area contributed by atoms with E-state index in [1.807, 2.05) is 0 Å². The smallest absolute Gasteiger partial charge is 0.259 e. The van der Waals surface area contributed by atoms with Crippen molar-refractivity contribution in [2.45, 2.75) is 0 Å². The molecule has 132 valence electrons. The summed E-state index contributed by atoms with van der Waals surface area (Å²) in [4.78, 5) is 12.0. The van der Waals surface area contributed by atoms with E-state index in [0.717, 1.165) is 6.07 Å². The Labute approximate surface area is 150 Å². The van der Waals surface area contributed by atoms with Crippen LogP contribution >= 0.6 is 11.6 Å². The molecule has 26 heavy (non-hydrogen) atoms. The van der Waals surface area contributed by atoms with Gasteiger partial charge in [-0.3, -0.25) is 4.79 Å². The Hall–Kier alpha value is -3.13. The van der Waals surface area contributed by atoms with Crippen LogP contribution in [-0.4, -0.2) is 16.1 Å². The van der Waals surface area contributed by atoms with E-state index in [9.17, 15) is 18.0 Å². The van der Waals surface area contributed by atoms with Gasteiger partial charge < -0.3 is 10.6 Å². The van der Waals surface area contributed by atoms with Crippen LogP contribution in [0.4, 0.5) is 30.5 Å². The zero-order valence-corrected chi connectivity index (χ0v) is 13.7. The molecule has 5 nitrogen and oxygen atoms in total. The van der Waals surface area contributed by atoms with Crippen molar-refractivity contribution in [2.75, 3.05) is 10.6 Å². The molecule has 0 radical (unpaired) electrons. The van der Waals surface area contributed by atoms with Gasteiger partial charge in [0, 0.05) is 0 Å². The third kappa shape index (κ3) is 3.75. The first-order chi connectivity index (χ1) is 12.5. The number of rotatable bonds is 4. The molecule has 0 saturated heterocycles. The SMILES string of the molecule is O=C(Nc1ccc(Nc2ccccc2Cl)nn1)c1ccc(F)c(F)c1F. The standard InChI is InChI=1S/C17H10ClF3N4O/c18-10-3-1-2-4-12(10)22-13-7-8-14(25-24-13)23-17(26)9-5-6-11(19)16(21)15(9)20/h1-8H,(H,22,24)(H,23,25,26). The fourth-order valence-electron chi connectivity index (χ4n) is 2.05. The zero-order chi connectivity index (χ0) is 18.7. The summed E-state index contributed by atoms with van der Waals surface area (Å²) in [7, 11) is 0. The van der Waals surface area contributed by atoms with Gasteiger partial charge in [0.05, 0.1) is 16.3 Å². The van der Waals surface area contributed by atoms with Crippen LogP contribution in [0.2, 0.25) is 5.02 Å². The monoisotopic (exact) mass is 378 g/mol. The Balaban J connectivity index is 1.72. The number of carbonyl (C=O) groups excluding carboxylic acids is 1. The normalized spacial score (nSPS) is 10.5. The Kier molecular flexibility index (Phi) is 5.04. The van der Waals surface area contributed by atoms with Crippen LogP contribution in [0, 0.1) is 17.5 Å². The number of anilines is 3. The number of carbonyl (C=O) groups is 1. The lowest BCUT2D eigenvalue weighted by atomic mass is 10.2. The number of amides is 1. The molecule has 0 saturated carbocycles. The molecule has 0 aliphatic rings. The third-order valence-corrected chi connectivity index (χ3v) is 3.65. The quantitative estimate of drug-likeness (QED) is 0.654. The van der Waals surface area contributed by atoms with E-state index in [1.165, 1.54) is 12.1 Å². The predicted octanol–water partition coefficient (Wildman–Crippen LogP) is 4.54. The fraction of sp³-hybridized carbons (Fsp3) is 0. The topological polar surface area (TPSA) is 66.9 Å². The van der Waals surface area contributed by atoms with Gasteiger partial charge in [-0.05, 0) is 36.4 Å². The first kappa shape index (κ1) is 17.7. The van der Waals surface area contributed by atoms with Crippen LogP contribution in [0.3, 0.4) is 0 Å². The van der Waals surface area contributed by atoms with E-state index in [4.69, 9.17) is 11.6 Å². The van der Waals surface area contributed by atoms with E-state index in [2.05, 4.69) is 20.8 Å². The van der Waals surface area contributed by atoms with Crippen LogP contribution in [0.15, 0.2) is 48.5 Å². The van der Waals surface area contributed by atoms with Gasteiger partial charge in [0.15, 0.2) is 29.1 Å².